The Bertz CT molecular complexity index is 1790. The van der Waals surface area contributed by atoms with Crippen LogP contribution in [0.3, 0.4) is 0 Å². The summed E-state index contributed by atoms with van der Waals surface area (Å²) >= 11 is 6.06. The van der Waals surface area contributed by atoms with Gasteiger partial charge in [-0.2, -0.15) is 5.10 Å². The van der Waals surface area contributed by atoms with Gasteiger partial charge in [-0.3, -0.25) is 14.0 Å². The van der Waals surface area contributed by atoms with Crippen LogP contribution < -0.4 is 10.5 Å². The Morgan fingerprint density at radius 3 is 2.86 bits per heavy atom. The number of ether oxygens (including phenoxy) is 4. The van der Waals surface area contributed by atoms with E-state index in [-0.39, 0.29) is 28.4 Å². The number of hydrogen-bond acceptors (Lipinski definition) is 9. The molecule has 0 amide bonds. The predicted octanol–water partition coefficient (Wildman–Crippen LogP) is 3.89. The number of benzene rings is 1. The van der Waals surface area contributed by atoms with Gasteiger partial charge in [-0.15, -0.1) is 0 Å². The number of aromatic nitrogens is 5. The normalized spacial score (nSPS) is 23.1. The molecule has 1 aromatic carbocycles. The first kappa shape index (κ1) is 28.1. The van der Waals surface area contributed by atoms with Gasteiger partial charge in [-0.1, -0.05) is 11.6 Å². The summed E-state index contributed by atoms with van der Waals surface area (Å²) in [6.45, 7) is 4.49. The SMILES string of the molecule is O=c1c2cc(N3CCO[C@@H](c4cnn(CC5COC6(CCOCC6)O5)c4)C3)nc(-c3ccc(Cl)cc3F)c2nc2n1CCC2. The van der Waals surface area contributed by atoms with Crippen LogP contribution in [0.2, 0.25) is 5.02 Å². The maximum atomic E-state index is 15.2. The molecule has 4 aliphatic rings. The molecule has 8 rings (SSSR count). The maximum absolute atomic E-state index is 15.2. The van der Waals surface area contributed by atoms with Gasteiger partial charge in [0, 0.05) is 61.2 Å². The number of hydrogen-bond donors (Lipinski definition) is 0. The summed E-state index contributed by atoms with van der Waals surface area (Å²) in [5, 5.41) is 5.28. The molecular weight excluding hydrogens is 591 g/mol. The molecule has 0 N–H and O–H groups in total. The molecule has 0 radical (unpaired) electrons. The molecule has 1 unspecified atom stereocenters. The maximum Gasteiger partial charge on any atom is 0.261 e. The van der Waals surface area contributed by atoms with Crippen LogP contribution in [0.5, 0.6) is 0 Å². The second-order valence-electron chi connectivity index (χ2n) is 11.8. The number of aryl methyl sites for hydroxylation is 1. The molecule has 3 fully saturated rings. The molecule has 3 saturated heterocycles. The Hall–Kier alpha value is -3.42. The third kappa shape index (κ3) is 5.08. The zero-order chi connectivity index (χ0) is 29.8. The van der Waals surface area contributed by atoms with Gasteiger partial charge in [-0.25, -0.2) is 14.4 Å². The van der Waals surface area contributed by atoms with Crippen molar-refractivity contribution in [1.82, 2.24) is 24.3 Å². The van der Waals surface area contributed by atoms with E-state index in [0.717, 1.165) is 24.8 Å². The summed E-state index contributed by atoms with van der Waals surface area (Å²) < 4.78 is 42.8. The molecule has 13 heteroatoms. The largest absolute Gasteiger partial charge is 0.381 e. The zero-order valence-electron chi connectivity index (χ0n) is 24.1. The van der Waals surface area contributed by atoms with Crippen molar-refractivity contribution in [3.05, 3.63) is 69.2 Å². The van der Waals surface area contributed by atoms with Crippen molar-refractivity contribution in [3.8, 4) is 11.3 Å². The van der Waals surface area contributed by atoms with E-state index in [1.54, 1.807) is 22.8 Å². The van der Waals surface area contributed by atoms with E-state index in [1.165, 1.54) is 6.07 Å². The van der Waals surface area contributed by atoms with Gasteiger partial charge < -0.3 is 23.8 Å². The van der Waals surface area contributed by atoms with Crippen LogP contribution in [0.15, 0.2) is 41.5 Å². The fraction of sp³-hybridized carbons (Fsp3) is 0.484. The van der Waals surface area contributed by atoms with Gasteiger partial charge in [-0.05, 0) is 30.7 Å². The lowest BCUT2D eigenvalue weighted by atomic mass is 10.1. The standard InChI is InChI=1S/C31H32ClFN6O5/c32-20-3-4-22(24(33)12-20)28-29-23(30(40)39-7-1-2-26(39)35-29)13-27(36-28)37-8-11-42-25(17-37)19-14-34-38(15-19)16-21-18-43-31(44-21)5-9-41-10-6-31/h3-4,12-15,21,25H,1-2,5-11,16-18H2/t21?,25-/m1/s1. The molecule has 3 aromatic heterocycles. The lowest BCUT2D eigenvalue weighted by molar-refractivity contribution is -0.211. The number of fused-ring (bicyclic) bond motifs is 2. The Labute approximate surface area is 257 Å². The quantitative estimate of drug-likeness (QED) is 0.328. The first-order valence-electron chi connectivity index (χ1n) is 15.1. The van der Waals surface area contributed by atoms with E-state index >= 15 is 4.39 Å². The first-order chi connectivity index (χ1) is 21.4. The molecule has 0 bridgehead atoms. The number of morpholine rings is 1. The molecule has 0 aliphatic carbocycles. The van der Waals surface area contributed by atoms with Crippen molar-refractivity contribution in [2.45, 2.75) is 56.8 Å². The van der Waals surface area contributed by atoms with Crippen LogP contribution in [-0.4, -0.2) is 75.7 Å². The van der Waals surface area contributed by atoms with Gasteiger partial charge in [0.05, 0.1) is 44.6 Å². The van der Waals surface area contributed by atoms with E-state index in [2.05, 4.69) is 10.00 Å². The first-order valence-corrected chi connectivity index (χ1v) is 15.5. The molecule has 44 heavy (non-hydrogen) atoms. The van der Waals surface area contributed by atoms with Crippen molar-refractivity contribution in [2.24, 2.45) is 0 Å². The fourth-order valence-electron chi connectivity index (χ4n) is 6.67. The number of nitrogens with zero attached hydrogens (tertiary/aromatic N) is 6. The summed E-state index contributed by atoms with van der Waals surface area (Å²) in [6.07, 6.45) is 6.45. The number of pyridine rings is 1. The Balaban J connectivity index is 1.07. The summed E-state index contributed by atoms with van der Waals surface area (Å²) in [5.41, 5.74) is 1.78. The second-order valence-corrected chi connectivity index (χ2v) is 12.2. The number of halogens is 2. The minimum atomic E-state index is -0.537. The van der Waals surface area contributed by atoms with Gasteiger partial charge in [0.1, 0.15) is 40.9 Å². The minimum Gasteiger partial charge on any atom is -0.381 e. The summed E-state index contributed by atoms with van der Waals surface area (Å²) in [4.78, 5) is 25.4. The predicted molar refractivity (Wildman–Crippen MR) is 159 cm³/mol. The van der Waals surface area contributed by atoms with E-state index in [1.807, 2.05) is 17.1 Å². The van der Waals surface area contributed by atoms with Gasteiger partial charge in [0.15, 0.2) is 5.79 Å². The fourth-order valence-corrected chi connectivity index (χ4v) is 6.82. The summed E-state index contributed by atoms with van der Waals surface area (Å²) in [6, 6.07) is 6.25. The van der Waals surface area contributed by atoms with Crippen LogP contribution >= 0.6 is 11.6 Å². The van der Waals surface area contributed by atoms with Crippen LogP contribution in [0, 0.1) is 5.82 Å². The molecule has 4 aliphatic heterocycles. The topological polar surface area (TPSA) is 106 Å². The third-order valence-corrected chi connectivity index (χ3v) is 9.19. The summed E-state index contributed by atoms with van der Waals surface area (Å²) in [7, 11) is 0. The Morgan fingerprint density at radius 2 is 2.00 bits per heavy atom. The highest BCUT2D eigenvalue weighted by molar-refractivity contribution is 6.30. The third-order valence-electron chi connectivity index (χ3n) is 8.95. The highest BCUT2D eigenvalue weighted by Crippen LogP contribution is 2.35. The van der Waals surface area contributed by atoms with Crippen LogP contribution in [0.4, 0.5) is 10.2 Å². The van der Waals surface area contributed by atoms with Crippen LogP contribution in [-0.2, 0) is 38.5 Å². The highest BCUT2D eigenvalue weighted by Gasteiger charge is 2.43. The number of anilines is 1. The van der Waals surface area contributed by atoms with Crippen molar-refractivity contribution in [1.29, 1.82) is 0 Å². The van der Waals surface area contributed by atoms with E-state index in [4.69, 9.17) is 40.5 Å². The van der Waals surface area contributed by atoms with Crippen LogP contribution in [0.25, 0.3) is 22.2 Å². The lowest BCUT2D eigenvalue weighted by Crippen LogP contribution is -2.39. The van der Waals surface area contributed by atoms with Crippen molar-refractivity contribution < 1.29 is 23.3 Å². The van der Waals surface area contributed by atoms with E-state index in [9.17, 15) is 4.79 Å². The van der Waals surface area contributed by atoms with Gasteiger partial charge >= 0.3 is 0 Å². The van der Waals surface area contributed by atoms with Crippen molar-refractivity contribution in [2.75, 3.05) is 44.4 Å². The second kappa shape index (κ2) is 11.2. The molecule has 2 atom stereocenters. The molecule has 1 spiro atoms. The summed E-state index contributed by atoms with van der Waals surface area (Å²) in [5.74, 6) is 0.217. The van der Waals surface area contributed by atoms with Crippen molar-refractivity contribution >= 4 is 28.3 Å². The average Bonchev–Trinajstić information content (AvgIpc) is 3.79. The molecular formula is C31H32ClFN6O5. The minimum absolute atomic E-state index is 0.0904. The van der Waals surface area contributed by atoms with E-state index in [0.29, 0.717) is 87.3 Å². The number of rotatable bonds is 5. The Morgan fingerprint density at radius 1 is 1.11 bits per heavy atom. The highest BCUT2D eigenvalue weighted by atomic mass is 35.5. The monoisotopic (exact) mass is 622 g/mol. The van der Waals surface area contributed by atoms with E-state index < -0.39 is 11.6 Å². The zero-order valence-corrected chi connectivity index (χ0v) is 24.8. The van der Waals surface area contributed by atoms with Crippen LogP contribution in [0.1, 0.15) is 36.8 Å². The molecule has 11 nitrogen and oxygen atoms in total. The molecule has 4 aromatic rings. The van der Waals surface area contributed by atoms with Gasteiger partial charge in [0.25, 0.3) is 5.56 Å². The molecule has 0 saturated carbocycles. The molecule has 230 valence electrons. The lowest BCUT2D eigenvalue weighted by Gasteiger charge is -2.33. The van der Waals surface area contributed by atoms with Crippen molar-refractivity contribution in [3.63, 3.8) is 0 Å². The molecule has 7 heterocycles. The van der Waals surface area contributed by atoms with Gasteiger partial charge in [0.2, 0.25) is 0 Å². The average molecular weight is 623 g/mol. The smallest absolute Gasteiger partial charge is 0.261 e. The Kier molecular flexibility index (Phi) is 7.14.